The molecule has 0 radical (unpaired) electrons. The molecule has 1 heterocycles. The number of ether oxygens (including phenoxy) is 1. The number of halogens is 1. The molecule has 5 nitrogen and oxygen atoms in total. The van der Waals surface area contributed by atoms with E-state index in [1.54, 1.807) is 6.20 Å². The van der Waals surface area contributed by atoms with Gasteiger partial charge in [-0.2, -0.15) is 4.98 Å². The zero-order valence-corrected chi connectivity index (χ0v) is 13.2. The number of benzene rings is 1. The number of aromatic nitrogens is 2. The number of nitrogens with zero attached hydrogens (tertiary/aromatic N) is 3. The maximum Gasteiger partial charge on any atom is 0.226 e. The molecule has 0 bridgehead atoms. The maximum atomic E-state index is 5.97. The van der Waals surface area contributed by atoms with E-state index in [4.69, 9.17) is 16.3 Å². The Balaban J connectivity index is 2.21. The molecule has 0 aliphatic rings. The SMILES string of the molecule is CCOc1ccc(Nc2ccnc(N(C)C)n2)cc1CCl. The average Bonchev–Trinajstić information content (AvgIpc) is 2.49. The second-order valence-corrected chi connectivity index (χ2v) is 4.92. The molecule has 0 spiro atoms. The van der Waals surface area contributed by atoms with Gasteiger partial charge in [0, 0.05) is 31.5 Å². The van der Waals surface area contributed by atoms with Crippen LogP contribution in [0.1, 0.15) is 12.5 Å². The first-order valence-electron chi connectivity index (χ1n) is 6.73. The average molecular weight is 307 g/mol. The second-order valence-electron chi connectivity index (χ2n) is 4.65. The van der Waals surface area contributed by atoms with Crippen LogP contribution >= 0.6 is 11.6 Å². The number of alkyl halides is 1. The summed E-state index contributed by atoms with van der Waals surface area (Å²) in [7, 11) is 3.81. The van der Waals surface area contributed by atoms with E-state index in [2.05, 4.69) is 15.3 Å². The van der Waals surface area contributed by atoms with Gasteiger partial charge in [0.2, 0.25) is 5.95 Å². The van der Waals surface area contributed by atoms with Gasteiger partial charge in [0.05, 0.1) is 12.5 Å². The molecule has 6 heteroatoms. The summed E-state index contributed by atoms with van der Waals surface area (Å²) in [5, 5.41) is 3.25. The van der Waals surface area contributed by atoms with Crippen LogP contribution < -0.4 is 15.0 Å². The van der Waals surface area contributed by atoms with E-state index < -0.39 is 0 Å². The highest BCUT2D eigenvalue weighted by Gasteiger charge is 2.06. The first-order chi connectivity index (χ1) is 10.1. The fourth-order valence-corrected chi connectivity index (χ4v) is 2.05. The van der Waals surface area contributed by atoms with Gasteiger partial charge in [-0.1, -0.05) is 0 Å². The molecule has 112 valence electrons. The fourth-order valence-electron chi connectivity index (χ4n) is 1.84. The summed E-state index contributed by atoms with van der Waals surface area (Å²) < 4.78 is 5.54. The maximum absolute atomic E-state index is 5.97. The Labute approximate surface area is 129 Å². The second kappa shape index (κ2) is 7.13. The van der Waals surface area contributed by atoms with Gasteiger partial charge in [-0.3, -0.25) is 0 Å². The third kappa shape index (κ3) is 3.98. The van der Waals surface area contributed by atoms with Crippen LogP contribution in [0.3, 0.4) is 0 Å². The molecule has 0 aliphatic carbocycles. The molecule has 0 saturated heterocycles. The molecule has 0 atom stereocenters. The minimum atomic E-state index is 0.400. The molecule has 0 fully saturated rings. The lowest BCUT2D eigenvalue weighted by atomic mass is 10.2. The molecule has 0 amide bonds. The van der Waals surface area contributed by atoms with Gasteiger partial charge in [0.25, 0.3) is 0 Å². The molecule has 1 N–H and O–H groups in total. The van der Waals surface area contributed by atoms with Crippen molar-refractivity contribution in [2.75, 3.05) is 30.9 Å². The summed E-state index contributed by atoms with van der Waals surface area (Å²) in [6, 6.07) is 7.65. The molecule has 1 aromatic heterocycles. The fraction of sp³-hybridized carbons (Fsp3) is 0.333. The van der Waals surface area contributed by atoms with E-state index in [0.717, 1.165) is 22.8 Å². The minimum Gasteiger partial charge on any atom is -0.494 e. The van der Waals surface area contributed by atoms with E-state index in [9.17, 15) is 0 Å². The van der Waals surface area contributed by atoms with Gasteiger partial charge in [-0.15, -0.1) is 11.6 Å². The highest BCUT2D eigenvalue weighted by Crippen LogP contribution is 2.26. The number of rotatable bonds is 6. The Hall–Kier alpha value is -2.01. The van der Waals surface area contributed by atoms with Gasteiger partial charge in [0.15, 0.2) is 0 Å². The number of hydrogen-bond donors (Lipinski definition) is 1. The molecule has 0 saturated carbocycles. The van der Waals surface area contributed by atoms with Crippen molar-refractivity contribution in [1.29, 1.82) is 0 Å². The van der Waals surface area contributed by atoms with Crippen molar-refractivity contribution in [3.63, 3.8) is 0 Å². The summed E-state index contributed by atoms with van der Waals surface area (Å²) in [6.45, 7) is 2.57. The van der Waals surface area contributed by atoms with Crippen LogP contribution in [0.15, 0.2) is 30.5 Å². The van der Waals surface area contributed by atoms with E-state index in [0.29, 0.717) is 18.4 Å². The van der Waals surface area contributed by atoms with Crippen molar-refractivity contribution in [1.82, 2.24) is 9.97 Å². The Morgan fingerprint density at radius 1 is 1.29 bits per heavy atom. The third-order valence-electron chi connectivity index (χ3n) is 2.82. The van der Waals surface area contributed by atoms with Crippen molar-refractivity contribution in [2.45, 2.75) is 12.8 Å². The Bertz CT molecular complexity index is 604. The highest BCUT2D eigenvalue weighted by molar-refractivity contribution is 6.17. The van der Waals surface area contributed by atoms with E-state index in [1.807, 2.05) is 50.2 Å². The van der Waals surface area contributed by atoms with Crippen molar-refractivity contribution >= 4 is 29.1 Å². The number of anilines is 3. The van der Waals surface area contributed by atoms with Crippen LogP contribution in [0.4, 0.5) is 17.5 Å². The quantitative estimate of drug-likeness (QED) is 0.829. The normalized spacial score (nSPS) is 10.3. The molecule has 0 aliphatic heterocycles. The first kappa shape index (κ1) is 15.4. The highest BCUT2D eigenvalue weighted by atomic mass is 35.5. The molecular formula is C15H19ClN4O. The summed E-state index contributed by atoms with van der Waals surface area (Å²) in [4.78, 5) is 10.5. The Morgan fingerprint density at radius 2 is 2.10 bits per heavy atom. The monoisotopic (exact) mass is 306 g/mol. The summed E-state index contributed by atoms with van der Waals surface area (Å²) in [6.07, 6.45) is 1.72. The lowest BCUT2D eigenvalue weighted by molar-refractivity contribution is 0.337. The van der Waals surface area contributed by atoms with Gasteiger partial charge in [-0.25, -0.2) is 4.98 Å². The lowest BCUT2D eigenvalue weighted by Crippen LogP contribution is -2.13. The number of hydrogen-bond acceptors (Lipinski definition) is 5. The Morgan fingerprint density at radius 3 is 2.76 bits per heavy atom. The van der Waals surface area contributed by atoms with Crippen LogP contribution in [0.2, 0.25) is 0 Å². The van der Waals surface area contributed by atoms with Crippen LogP contribution in [-0.4, -0.2) is 30.7 Å². The van der Waals surface area contributed by atoms with Crippen LogP contribution in [0.5, 0.6) is 5.75 Å². The van der Waals surface area contributed by atoms with Gasteiger partial charge >= 0.3 is 0 Å². The van der Waals surface area contributed by atoms with Crippen molar-refractivity contribution in [3.05, 3.63) is 36.0 Å². The third-order valence-corrected chi connectivity index (χ3v) is 3.11. The van der Waals surface area contributed by atoms with Gasteiger partial charge in [-0.05, 0) is 31.2 Å². The van der Waals surface area contributed by atoms with Crippen molar-refractivity contribution in [3.8, 4) is 5.75 Å². The van der Waals surface area contributed by atoms with Crippen LogP contribution in [0.25, 0.3) is 0 Å². The predicted molar refractivity (Wildman–Crippen MR) is 86.8 cm³/mol. The summed E-state index contributed by atoms with van der Waals surface area (Å²) in [5.41, 5.74) is 1.86. The molecular weight excluding hydrogens is 288 g/mol. The molecule has 21 heavy (non-hydrogen) atoms. The van der Waals surface area contributed by atoms with E-state index >= 15 is 0 Å². The van der Waals surface area contributed by atoms with Crippen molar-refractivity contribution in [2.24, 2.45) is 0 Å². The largest absolute Gasteiger partial charge is 0.494 e. The molecule has 1 aromatic carbocycles. The standard InChI is InChI=1S/C15H19ClN4O/c1-4-21-13-6-5-12(9-11(13)10-16)18-14-7-8-17-15(19-14)20(2)3/h5-9H,4,10H2,1-3H3,(H,17,18,19). The topological polar surface area (TPSA) is 50.3 Å². The smallest absolute Gasteiger partial charge is 0.226 e. The summed E-state index contributed by atoms with van der Waals surface area (Å²) >= 11 is 5.97. The Kier molecular flexibility index (Phi) is 5.22. The zero-order chi connectivity index (χ0) is 15.2. The lowest BCUT2D eigenvalue weighted by Gasteiger charge is -2.13. The van der Waals surface area contributed by atoms with Gasteiger partial charge < -0.3 is 15.0 Å². The molecule has 2 rings (SSSR count). The van der Waals surface area contributed by atoms with Crippen LogP contribution in [-0.2, 0) is 5.88 Å². The van der Waals surface area contributed by atoms with E-state index in [1.165, 1.54) is 0 Å². The zero-order valence-electron chi connectivity index (χ0n) is 12.4. The molecule has 0 unspecified atom stereocenters. The number of nitrogens with one attached hydrogen (secondary N) is 1. The predicted octanol–water partition coefficient (Wildman–Crippen LogP) is 3.42. The van der Waals surface area contributed by atoms with Gasteiger partial charge in [0.1, 0.15) is 11.6 Å². The van der Waals surface area contributed by atoms with E-state index in [-0.39, 0.29) is 0 Å². The first-order valence-corrected chi connectivity index (χ1v) is 7.26. The molecule has 2 aromatic rings. The minimum absolute atomic E-state index is 0.400. The van der Waals surface area contributed by atoms with Crippen molar-refractivity contribution < 1.29 is 4.74 Å². The summed E-state index contributed by atoms with van der Waals surface area (Å²) in [5.74, 6) is 2.61. The van der Waals surface area contributed by atoms with Crippen LogP contribution in [0, 0.1) is 0 Å².